The standard InChI is InChI=1S/C20H22O/c1-5-13-7-6-8-17-16-10-9-15(20(2,3)4)11-14(16)12-18(21)19(13)17/h6-12,21H,5H2,1-4H3. The van der Waals surface area contributed by atoms with Gasteiger partial charge in [0.1, 0.15) is 5.75 Å². The molecule has 0 radical (unpaired) electrons. The first-order valence-corrected chi connectivity index (χ1v) is 7.59. The zero-order valence-corrected chi connectivity index (χ0v) is 13.2. The van der Waals surface area contributed by atoms with Crippen LogP contribution in [0.15, 0.2) is 42.5 Å². The van der Waals surface area contributed by atoms with Crippen molar-refractivity contribution in [3.8, 4) is 5.75 Å². The minimum atomic E-state index is 0.115. The van der Waals surface area contributed by atoms with Gasteiger partial charge in [0, 0.05) is 5.39 Å². The number of fused-ring (bicyclic) bond motifs is 3. The van der Waals surface area contributed by atoms with Crippen LogP contribution in [0.5, 0.6) is 5.75 Å². The molecule has 3 aromatic carbocycles. The molecule has 0 spiro atoms. The van der Waals surface area contributed by atoms with Crippen LogP contribution in [0.3, 0.4) is 0 Å². The van der Waals surface area contributed by atoms with E-state index in [0.717, 1.165) is 22.6 Å². The molecule has 108 valence electrons. The van der Waals surface area contributed by atoms with Crippen LogP contribution in [0.25, 0.3) is 21.5 Å². The van der Waals surface area contributed by atoms with Crippen molar-refractivity contribution in [1.82, 2.24) is 0 Å². The minimum Gasteiger partial charge on any atom is -0.507 e. The van der Waals surface area contributed by atoms with Gasteiger partial charge in [-0.2, -0.15) is 0 Å². The first kappa shape index (κ1) is 13.9. The molecule has 0 bridgehead atoms. The van der Waals surface area contributed by atoms with E-state index in [-0.39, 0.29) is 5.41 Å². The summed E-state index contributed by atoms with van der Waals surface area (Å²) in [4.78, 5) is 0. The maximum atomic E-state index is 10.5. The van der Waals surface area contributed by atoms with Crippen molar-refractivity contribution in [2.75, 3.05) is 0 Å². The normalized spacial score (nSPS) is 12.2. The molecule has 1 nitrogen and oxygen atoms in total. The van der Waals surface area contributed by atoms with Crippen molar-refractivity contribution in [3.05, 3.63) is 53.6 Å². The molecule has 0 aliphatic rings. The lowest BCUT2D eigenvalue weighted by Crippen LogP contribution is -2.10. The number of phenols is 1. The van der Waals surface area contributed by atoms with Gasteiger partial charge in [0.15, 0.2) is 0 Å². The highest BCUT2D eigenvalue weighted by molar-refractivity contribution is 6.11. The summed E-state index contributed by atoms with van der Waals surface area (Å²) in [7, 11) is 0. The van der Waals surface area contributed by atoms with Crippen LogP contribution in [-0.2, 0) is 11.8 Å². The number of benzene rings is 3. The number of aryl methyl sites for hydroxylation is 1. The highest BCUT2D eigenvalue weighted by Gasteiger charge is 2.15. The summed E-state index contributed by atoms with van der Waals surface area (Å²) in [5, 5.41) is 14.9. The molecule has 3 aromatic rings. The SMILES string of the molecule is CCc1cccc2c1c(O)cc1cc(C(C)(C)C)ccc12. The monoisotopic (exact) mass is 278 g/mol. The maximum Gasteiger partial charge on any atom is 0.124 e. The van der Waals surface area contributed by atoms with Crippen LogP contribution in [-0.4, -0.2) is 5.11 Å². The van der Waals surface area contributed by atoms with Crippen LogP contribution in [0, 0.1) is 0 Å². The topological polar surface area (TPSA) is 20.2 Å². The largest absolute Gasteiger partial charge is 0.507 e. The Morgan fingerprint density at radius 2 is 1.71 bits per heavy atom. The molecule has 0 heterocycles. The third kappa shape index (κ3) is 2.27. The Bertz CT molecular complexity index is 822. The van der Waals surface area contributed by atoms with Crippen LogP contribution in [0.2, 0.25) is 0 Å². The fourth-order valence-corrected chi connectivity index (χ4v) is 3.04. The second kappa shape index (κ2) is 4.77. The summed E-state index contributed by atoms with van der Waals surface area (Å²) in [6, 6.07) is 14.8. The third-order valence-electron chi connectivity index (χ3n) is 4.29. The Balaban J connectivity index is 2.41. The lowest BCUT2D eigenvalue weighted by molar-refractivity contribution is 0.482. The van der Waals surface area contributed by atoms with Gasteiger partial charge in [0.05, 0.1) is 0 Å². The van der Waals surface area contributed by atoms with Crippen molar-refractivity contribution in [2.45, 2.75) is 39.5 Å². The minimum absolute atomic E-state index is 0.115. The first-order valence-electron chi connectivity index (χ1n) is 7.59. The van der Waals surface area contributed by atoms with Crippen LogP contribution in [0.1, 0.15) is 38.8 Å². The lowest BCUT2D eigenvalue weighted by Gasteiger charge is -2.20. The lowest BCUT2D eigenvalue weighted by atomic mass is 9.85. The van der Waals surface area contributed by atoms with Gasteiger partial charge >= 0.3 is 0 Å². The smallest absolute Gasteiger partial charge is 0.124 e. The summed E-state index contributed by atoms with van der Waals surface area (Å²) in [5.41, 5.74) is 2.61. The molecule has 1 N–H and O–H groups in total. The molecule has 0 aliphatic heterocycles. The van der Waals surface area contributed by atoms with Crippen molar-refractivity contribution in [3.63, 3.8) is 0 Å². The highest BCUT2D eigenvalue weighted by atomic mass is 16.3. The molecule has 0 aliphatic carbocycles. The summed E-state index contributed by atoms with van der Waals surface area (Å²) in [6.45, 7) is 8.76. The summed E-state index contributed by atoms with van der Waals surface area (Å²) >= 11 is 0. The second-order valence-electron chi connectivity index (χ2n) is 6.77. The Kier molecular flexibility index (Phi) is 3.16. The molecule has 0 aromatic heterocycles. The van der Waals surface area contributed by atoms with Gasteiger partial charge in [-0.25, -0.2) is 0 Å². The molecule has 0 unspecified atom stereocenters. The number of hydrogen-bond acceptors (Lipinski definition) is 1. The van der Waals surface area contributed by atoms with E-state index in [0.29, 0.717) is 5.75 Å². The molecule has 21 heavy (non-hydrogen) atoms. The van der Waals surface area contributed by atoms with Crippen LogP contribution >= 0.6 is 0 Å². The van der Waals surface area contributed by atoms with Crippen molar-refractivity contribution < 1.29 is 5.11 Å². The van der Waals surface area contributed by atoms with Gasteiger partial charge in [-0.15, -0.1) is 0 Å². The van der Waals surface area contributed by atoms with Crippen molar-refractivity contribution >= 4 is 21.5 Å². The number of hydrogen-bond donors (Lipinski definition) is 1. The quantitative estimate of drug-likeness (QED) is 0.578. The summed E-state index contributed by atoms with van der Waals surface area (Å²) < 4.78 is 0. The Morgan fingerprint density at radius 3 is 2.38 bits per heavy atom. The van der Waals surface area contributed by atoms with Gasteiger partial charge in [0.2, 0.25) is 0 Å². The molecule has 0 amide bonds. The number of aromatic hydroxyl groups is 1. The van der Waals surface area contributed by atoms with E-state index in [9.17, 15) is 5.11 Å². The molecular weight excluding hydrogens is 256 g/mol. The van der Waals surface area contributed by atoms with Gasteiger partial charge in [-0.05, 0) is 45.2 Å². The Labute approximate surface area is 126 Å². The molecule has 0 saturated heterocycles. The zero-order valence-electron chi connectivity index (χ0n) is 13.2. The van der Waals surface area contributed by atoms with Crippen LogP contribution < -0.4 is 0 Å². The Hall–Kier alpha value is -2.02. The van der Waals surface area contributed by atoms with Gasteiger partial charge < -0.3 is 5.11 Å². The van der Waals surface area contributed by atoms with E-state index in [1.807, 2.05) is 6.07 Å². The van der Waals surface area contributed by atoms with Gasteiger partial charge in [-0.3, -0.25) is 0 Å². The van der Waals surface area contributed by atoms with Gasteiger partial charge in [-0.1, -0.05) is 64.1 Å². The maximum absolute atomic E-state index is 10.5. The number of phenolic OH excluding ortho intramolecular Hbond substituents is 1. The van der Waals surface area contributed by atoms with E-state index in [4.69, 9.17) is 0 Å². The highest BCUT2D eigenvalue weighted by Crippen LogP contribution is 2.37. The van der Waals surface area contributed by atoms with Crippen molar-refractivity contribution in [2.24, 2.45) is 0 Å². The van der Waals surface area contributed by atoms with E-state index >= 15 is 0 Å². The Morgan fingerprint density at radius 1 is 0.952 bits per heavy atom. The number of rotatable bonds is 1. The zero-order chi connectivity index (χ0) is 15.2. The molecule has 0 fully saturated rings. The van der Waals surface area contributed by atoms with Crippen LogP contribution in [0.4, 0.5) is 0 Å². The fourth-order valence-electron chi connectivity index (χ4n) is 3.04. The third-order valence-corrected chi connectivity index (χ3v) is 4.29. The van der Waals surface area contributed by atoms with E-state index in [1.165, 1.54) is 16.5 Å². The predicted molar refractivity (Wildman–Crippen MR) is 91.2 cm³/mol. The molecule has 0 atom stereocenters. The van der Waals surface area contributed by atoms with E-state index < -0.39 is 0 Å². The van der Waals surface area contributed by atoms with Gasteiger partial charge in [0.25, 0.3) is 0 Å². The average molecular weight is 278 g/mol. The summed E-state index contributed by atoms with van der Waals surface area (Å²) in [5.74, 6) is 0.390. The summed E-state index contributed by atoms with van der Waals surface area (Å²) in [6.07, 6.45) is 0.927. The average Bonchev–Trinajstić information content (AvgIpc) is 2.45. The van der Waals surface area contributed by atoms with E-state index in [1.54, 1.807) is 0 Å². The molecule has 1 heteroatoms. The van der Waals surface area contributed by atoms with Crippen molar-refractivity contribution in [1.29, 1.82) is 0 Å². The second-order valence-corrected chi connectivity index (χ2v) is 6.77. The molecular formula is C20H22O. The predicted octanol–water partition coefficient (Wildman–Crippen LogP) is 5.56. The molecule has 0 saturated carbocycles. The fraction of sp³-hybridized carbons (Fsp3) is 0.300. The first-order chi connectivity index (χ1) is 9.91. The van der Waals surface area contributed by atoms with E-state index in [2.05, 4.69) is 64.1 Å². The molecule has 3 rings (SSSR count).